The van der Waals surface area contributed by atoms with Crippen LogP contribution < -0.4 is 5.73 Å². The molecule has 0 aromatic heterocycles. The average molecular weight is 210 g/mol. The van der Waals surface area contributed by atoms with Gasteiger partial charge in [-0.15, -0.1) is 0 Å². The normalized spacial score (nSPS) is 39.6. The Balaban J connectivity index is 2.08. The second-order valence-electron chi connectivity index (χ2n) is 6.16. The van der Waals surface area contributed by atoms with Gasteiger partial charge in [-0.25, -0.2) is 0 Å². The number of fused-ring (bicyclic) bond motifs is 2. The van der Waals surface area contributed by atoms with Crippen LogP contribution in [0, 0.1) is 17.8 Å². The minimum atomic E-state index is 0.354. The third kappa shape index (κ3) is 1.83. The van der Waals surface area contributed by atoms with E-state index in [2.05, 4.69) is 25.8 Å². The van der Waals surface area contributed by atoms with E-state index in [-0.39, 0.29) is 0 Å². The molecular weight excluding hydrogens is 184 g/mol. The summed E-state index contributed by atoms with van der Waals surface area (Å²) in [5, 5.41) is 0. The minimum absolute atomic E-state index is 0.354. The highest BCUT2D eigenvalue weighted by atomic mass is 15.2. The molecule has 0 aromatic carbocycles. The van der Waals surface area contributed by atoms with E-state index in [9.17, 15) is 0 Å². The summed E-state index contributed by atoms with van der Waals surface area (Å²) < 4.78 is 0. The van der Waals surface area contributed by atoms with Crippen molar-refractivity contribution in [2.45, 2.75) is 45.1 Å². The van der Waals surface area contributed by atoms with Crippen molar-refractivity contribution in [2.75, 3.05) is 20.1 Å². The second-order valence-corrected chi connectivity index (χ2v) is 6.16. The third-order valence-electron chi connectivity index (χ3n) is 4.70. The smallest absolute Gasteiger partial charge is 0.0359 e. The molecule has 2 nitrogen and oxygen atoms in total. The van der Waals surface area contributed by atoms with Crippen LogP contribution >= 0.6 is 0 Å². The van der Waals surface area contributed by atoms with Crippen molar-refractivity contribution in [2.24, 2.45) is 23.5 Å². The fourth-order valence-corrected chi connectivity index (χ4v) is 4.02. The van der Waals surface area contributed by atoms with E-state index in [0.717, 1.165) is 24.3 Å². The molecule has 0 aromatic rings. The van der Waals surface area contributed by atoms with Crippen LogP contribution in [0.15, 0.2) is 0 Å². The molecule has 0 spiro atoms. The Hall–Kier alpha value is -0.0800. The molecule has 2 saturated carbocycles. The van der Waals surface area contributed by atoms with Gasteiger partial charge in [0.05, 0.1) is 0 Å². The SMILES string of the molecule is CC(C)CN(C)C1(CN)CC2CCC1C2. The summed E-state index contributed by atoms with van der Waals surface area (Å²) in [4.78, 5) is 2.57. The summed E-state index contributed by atoms with van der Waals surface area (Å²) in [6.45, 7) is 6.65. The van der Waals surface area contributed by atoms with Crippen LogP contribution in [0.5, 0.6) is 0 Å². The summed E-state index contributed by atoms with van der Waals surface area (Å²) in [5.41, 5.74) is 6.44. The Morgan fingerprint density at radius 1 is 1.40 bits per heavy atom. The Labute approximate surface area is 94.2 Å². The number of nitrogens with zero attached hydrogens (tertiary/aromatic N) is 1. The maximum atomic E-state index is 6.09. The minimum Gasteiger partial charge on any atom is -0.329 e. The van der Waals surface area contributed by atoms with Crippen molar-refractivity contribution in [1.29, 1.82) is 0 Å². The van der Waals surface area contributed by atoms with Crippen LogP contribution in [-0.4, -0.2) is 30.6 Å². The maximum Gasteiger partial charge on any atom is 0.0359 e. The largest absolute Gasteiger partial charge is 0.329 e. The molecule has 3 atom stereocenters. The Morgan fingerprint density at radius 2 is 2.13 bits per heavy atom. The van der Waals surface area contributed by atoms with Gasteiger partial charge in [-0.05, 0) is 44.1 Å². The van der Waals surface area contributed by atoms with E-state index in [1.807, 2.05) is 0 Å². The molecule has 15 heavy (non-hydrogen) atoms. The van der Waals surface area contributed by atoms with Gasteiger partial charge in [-0.1, -0.05) is 20.3 Å². The summed E-state index contributed by atoms with van der Waals surface area (Å²) in [6.07, 6.45) is 5.68. The fourth-order valence-electron chi connectivity index (χ4n) is 4.02. The zero-order valence-electron chi connectivity index (χ0n) is 10.5. The quantitative estimate of drug-likeness (QED) is 0.770. The van der Waals surface area contributed by atoms with E-state index in [1.165, 1.54) is 32.2 Å². The summed E-state index contributed by atoms with van der Waals surface area (Å²) in [5.74, 6) is 2.61. The topological polar surface area (TPSA) is 29.3 Å². The predicted octanol–water partition coefficient (Wildman–Crippen LogP) is 2.09. The lowest BCUT2D eigenvalue weighted by Crippen LogP contribution is -2.56. The fraction of sp³-hybridized carbons (Fsp3) is 1.00. The number of nitrogens with two attached hydrogens (primary N) is 1. The number of hydrogen-bond donors (Lipinski definition) is 1. The first-order valence-electron chi connectivity index (χ1n) is 6.50. The molecule has 2 N–H and O–H groups in total. The van der Waals surface area contributed by atoms with Crippen LogP contribution in [0.25, 0.3) is 0 Å². The van der Waals surface area contributed by atoms with Gasteiger partial charge in [-0.2, -0.15) is 0 Å². The number of hydrogen-bond acceptors (Lipinski definition) is 2. The van der Waals surface area contributed by atoms with E-state index < -0.39 is 0 Å². The van der Waals surface area contributed by atoms with Gasteiger partial charge in [0.25, 0.3) is 0 Å². The maximum absolute atomic E-state index is 6.09. The molecule has 2 aliphatic rings. The first kappa shape index (κ1) is 11.4. The third-order valence-corrected chi connectivity index (χ3v) is 4.70. The number of likely N-dealkylation sites (N-methyl/N-ethyl adjacent to an activating group) is 1. The molecule has 88 valence electrons. The lowest BCUT2D eigenvalue weighted by molar-refractivity contribution is 0.0560. The van der Waals surface area contributed by atoms with Crippen molar-refractivity contribution in [3.63, 3.8) is 0 Å². The Bertz CT molecular complexity index is 227. The van der Waals surface area contributed by atoms with Gasteiger partial charge in [0, 0.05) is 18.6 Å². The van der Waals surface area contributed by atoms with Crippen LogP contribution in [-0.2, 0) is 0 Å². The van der Waals surface area contributed by atoms with Gasteiger partial charge in [0.15, 0.2) is 0 Å². The van der Waals surface area contributed by atoms with Crippen molar-refractivity contribution in [3.8, 4) is 0 Å². The molecule has 0 heterocycles. The van der Waals surface area contributed by atoms with Gasteiger partial charge >= 0.3 is 0 Å². The van der Waals surface area contributed by atoms with E-state index in [1.54, 1.807) is 0 Å². The number of rotatable bonds is 4. The zero-order valence-corrected chi connectivity index (χ0v) is 10.5. The van der Waals surface area contributed by atoms with Gasteiger partial charge in [-0.3, -0.25) is 4.90 Å². The highest BCUT2D eigenvalue weighted by Crippen LogP contribution is 2.52. The van der Waals surface area contributed by atoms with Crippen molar-refractivity contribution >= 4 is 0 Å². The standard InChI is InChI=1S/C13H26N2/c1-10(2)8-15(3)13(9-14)7-11-4-5-12(13)6-11/h10-12H,4-9,14H2,1-3H3. The molecule has 0 amide bonds. The Morgan fingerprint density at radius 3 is 2.53 bits per heavy atom. The molecule has 2 heteroatoms. The molecule has 2 bridgehead atoms. The van der Waals surface area contributed by atoms with Gasteiger partial charge < -0.3 is 5.73 Å². The van der Waals surface area contributed by atoms with E-state index >= 15 is 0 Å². The molecule has 2 aliphatic carbocycles. The molecular formula is C13H26N2. The highest BCUT2D eigenvalue weighted by Gasteiger charge is 2.52. The second kappa shape index (κ2) is 4.06. The predicted molar refractivity (Wildman–Crippen MR) is 64.7 cm³/mol. The van der Waals surface area contributed by atoms with Crippen molar-refractivity contribution < 1.29 is 0 Å². The monoisotopic (exact) mass is 210 g/mol. The molecule has 0 saturated heterocycles. The lowest BCUT2D eigenvalue weighted by atomic mass is 9.79. The van der Waals surface area contributed by atoms with Gasteiger partial charge in [0.2, 0.25) is 0 Å². The Kier molecular flexibility index (Phi) is 3.09. The zero-order chi connectivity index (χ0) is 11.1. The van der Waals surface area contributed by atoms with Crippen LogP contribution in [0.2, 0.25) is 0 Å². The molecule has 2 rings (SSSR count). The van der Waals surface area contributed by atoms with Crippen LogP contribution in [0.1, 0.15) is 39.5 Å². The molecule has 0 radical (unpaired) electrons. The molecule has 3 unspecified atom stereocenters. The average Bonchev–Trinajstić information content (AvgIpc) is 2.75. The van der Waals surface area contributed by atoms with Gasteiger partial charge in [0.1, 0.15) is 0 Å². The molecule has 0 aliphatic heterocycles. The summed E-state index contributed by atoms with van der Waals surface area (Å²) in [6, 6.07) is 0. The summed E-state index contributed by atoms with van der Waals surface area (Å²) in [7, 11) is 2.29. The van der Waals surface area contributed by atoms with E-state index in [0.29, 0.717) is 5.54 Å². The van der Waals surface area contributed by atoms with Crippen LogP contribution in [0.4, 0.5) is 0 Å². The molecule has 2 fully saturated rings. The first-order valence-corrected chi connectivity index (χ1v) is 6.50. The highest BCUT2D eigenvalue weighted by molar-refractivity contribution is 5.07. The van der Waals surface area contributed by atoms with Crippen molar-refractivity contribution in [3.05, 3.63) is 0 Å². The van der Waals surface area contributed by atoms with Crippen molar-refractivity contribution in [1.82, 2.24) is 4.90 Å². The van der Waals surface area contributed by atoms with Crippen LogP contribution in [0.3, 0.4) is 0 Å². The lowest BCUT2D eigenvalue weighted by Gasteiger charge is -2.45. The van der Waals surface area contributed by atoms with E-state index in [4.69, 9.17) is 5.73 Å². The first-order chi connectivity index (χ1) is 7.08. The summed E-state index contributed by atoms with van der Waals surface area (Å²) >= 11 is 0.